The van der Waals surface area contributed by atoms with Crippen LogP contribution in [0.5, 0.6) is 0 Å². The molecule has 0 fully saturated rings. The normalized spacial score (nSPS) is 11.7. The van der Waals surface area contributed by atoms with Gasteiger partial charge in [-0.05, 0) is 37.4 Å². The van der Waals surface area contributed by atoms with E-state index in [0.29, 0.717) is 23.1 Å². The molecule has 0 bridgehead atoms. The molecule has 1 heterocycles. The van der Waals surface area contributed by atoms with Gasteiger partial charge in [-0.2, -0.15) is 0 Å². The summed E-state index contributed by atoms with van der Waals surface area (Å²) < 4.78 is 1.87. The summed E-state index contributed by atoms with van der Waals surface area (Å²) in [7, 11) is 0. The minimum atomic E-state index is -0.380. The van der Waals surface area contributed by atoms with Crippen LogP contribution in [0, 0.1) is 6.92 Å². The lowest BCUT2D eigenvalue weighted by Gasteiger charge is -2.15. The SMILES string of the molecule is C=CCn1c(SCC(=O)Nc2cccc3ccccc23)nnc1[C@H](C)NC(=O)c1cccc(C)c1. The summed E-state index contributed by atoms with van der Waals surface area (Å²) in [4.78, 5) is 25.4. The van der Waals surface area contributed by atoms with Gasteiger partial charge in [0.05, 0.1) is 11.8 Å². The summed E-state index contributed by atoms with van der Waals surface area (Å²) in [6, 6.07) is 20.8. The number of carbonyl (C=O) groups is 2. The van der Waals surface area contributed by atoms with Crippen LogP contribution in [0.1, 0.15) is 34.7 Å². The molecule has 35 heavy (non-hydrogen) atoms. The monoisotopic (exact) mass is 485 g/mol. The summed E-state index contributed by atoms with van der Waals surface area (Å²) in [5, 5.41) is 17.2. The number of fused-ring (bicyclic) bond motifs is 1. The van der Waals surface area contributed by atoms with E-state index in [1.807, 2.05) is 79.1 Å². The zero-order valence-electron chi connectivity index (χ0n) is 19.7. The van der Waals surface area contributed by atoms with E-state index < -0.39 is 0 Å². The molecule has 178 valence electrons. The summed E-state index contributed by atoms with van der Waals surface area (Å²) in [6.45, 7) is 8.09. The number of allylic oxidation sites excluding steroid dienone is 1. The van der Waals surface area contributed by atoms with Crippen LogP contribution in [0.3, 0.4) is 0 Å². The second-order valence-corrected chi connectivity index (χ2v) is 9.11. The maximum atomic E-state index is 12.7. The Morgan fingerprint density at radius 2 is 1.86 bits per heavy atom. The van der Waals surface area contributed by atoms with Crippen LogP contribution < -0.4 is 10.6 Å². The van der Waals surface area contributed by atoms with E-state index in [2.05, 4.69) is 27.4 Å². The molecule has 2 amide bonds. The molecule has 0 saturated heterocycles. The van der Waals surface area contributed by atoms with Gasteiger partial charge >= 0.3 is 0 Å². The van der Waals surface area contributed by atoms with Crippen molar-refractivity contribution in [3.05, 3.63) is 96.3 Å². The molecule has 4 aromatic rings. The number of carbonyl (C=O) groups excluding carboxylic acids is 2. The zero-order chi connectivity index (χ0) is 24.8. The van der Waals surface area contributed by atoms with Crippen LogP contribution in [0.15, 0.2) is 84.5 Å². The number of nitrogens with zero attached hydrogens (tertiary/aromatic N) is 3. The fourth-order valence-electron chi connectivity index (χ4n) is 3.81. The third kappa shape index (κ3) is 5.78. The Labute approximate surface area is 208 Å². The number of anilines is 1. The maximum absolute atomic E-state index is 12.7. The quantitative estimate of drug-likeness (QED) is 0.253. The Kier molecular flexibility index (Phi) is 7.62. The largest absolute Gasteiger partial charge is 0.342 e. The third-order valence-corrected chi connectivity index (χ3v) is 6.44. The van der Waals surface area contributed by atoms with E-state index in [-0.39, 0.29) is 23.6 Å². The second-order valence-electron chi connectivity index (χ2n) is 8.17. The van der Waals surface area contributed by atoms with Gasteiger partial charge in [0.1, 0.15) is 0 Å². The molecule has 2 N–H and O–H groups in total. The molecule has 0 saturated carbocycles. The first-order valence-corrected chi connectivity index (χ1v) is 12.3. The molecule has 3 aromatic carbocycles. The predicted octanol–water partition coefficient (Wildman–Crippen LogP) is 5.15. The van der Waals surface area contributed by atoms with Crippen LogP contribution in [0.2, 0.25) is 0 Å². The van der Waals surface area contributed by atoms with Crippen LogP contribution >= 0.6 is 11.8 Å². The standard InChI is InChI=1S/C27H27N5O2S/c1-4-15-32-25(19(3)28-26(34)21-12-7-9-18(2)16-21)30-31-27(32)35-17-24(33)29-23-14-8-11-20-10-5-6-13-22(20)23/h4-14,16,19H,1,15,17H2,2-3H3,(H,28,34)(H,29,33)/t19-/m0/s1. The van der Waals surface area contributed by atoms with Gasteiger partial charge in [-0.1, -0.05) is 71.9 Å². The van der Waals surface area contributed by atoms with Crippen LogP contribution in [0.25, 0.3) is 10.8 Å². The lowest BCUT2D eigenvalue weighted by Crippen LogP contribution is -2.29. The van der Waals surface area contributed by atoms with E-state index in [4.69, 9.17) is 0 Å². The summed E-state index contributed by atoms with van der Waals surface area (Å²) in [5.74, 6) is 0.449. The number of amides is 2. The van der Waals surface area contributed by atoms with Crippen LogP contribution in [0.4, 0.5) is 5.69 Å². The van der Waals surface area contributed by atoms with Gasteiger partial charge in [-0.25, -0.2) is 0 Å². The molecule has 0 aliphatic carbocycles. The first-order chi connectivity index (χ1) is 17.0. The van der Waals surface area contributed by atoms with Gasteiger partial charge < -0.3 is 15.2 Å². The van der Waals surface area contributed by atoms with Crippen LogP contribution in [-0.2, 0) is 11.3 Å². The molecule has 4 rings (SSSR count). The van der Waals surface area contributed by atoms with E-state index in [0.717, 1.165) is 22.0 Å². The van der Waals surface area contributed by atoms with Gasteiger partial charge in [-0.3, -0.25) is 9.59 Å². The second kappa shape index (κ2) is 11.0. The fourth-order valence-corrected chi connectivity index (χ4v) is 4.56. The van der Waals surface area contributed by atoms with Gasteiger partial charge in [0, 0.05) is 23.2 Å². The molecule has 0 aliphatic rings. The number of thioether (sulfide) groups is 1. The fraction of sp³-hybridized carbons (Fsp3) is 0.185. The first-order valence-electron chi connectivity index (χ1n) is 11.3. The number of aryl methyl sites for hydroxylation is 1. The van der Waals surface area contributed by atoms with Crippen molar-refractivity contribution in [2.24, 2.45) is 0 Å². The summed E-state index contributed by atoms with van der Waals surface area (Å²) >= 11 is 1.29. The zero-order valence-corrected chi connectivity index (χ0v) is 20.5. The van der Waals surface area contributed by atoms with Crippen molar-refractivity contribution in [3.8, 4) is 0 Å². The van der Waals surface area contributed by atoms with E-state index in [1.54, 1.807) is 12.1 Å². The topological polar surface area (TPSA) is 88.9 Å². The molecule has 8 heteroatoms. The lowest BCUT2D eigenvalue weighted by atomic mass is 10.1. The minimum Gasteiger partial charge on any atom is -0.342 e. The van der Waals surface area contributed by atoms with Crippen molar-refractivity contribution in [2.45, 2.75) is 31.6 Å². The number of nitrogens with one attached hydrogen (secondary N) is 2. The molecular weight excluding hydrogens is 458 g/mol. The molecule has 0 radical (unpaired) electrons. The number of hydrogen-bond acceptors (Lipinski definition) is 5. The van der Waals surface area contributed by atoms with Crippen molar-refractivity contribution in [1.82, 2.24) is 20.1 Å². The minimum absolute atomic E-state index is 0.137. The third-order valence-electron chi connectivity index (χ3n) is 5.47. The smallest absolute Gasteiger partial charge is 0.251 e. The highest BCUT2D eigenvalue weighted by Crippen LogP contribution is 2.25. The van der Waals surface area contributed by atoms with Gasteiger partial charge in [-0.15, -0.1) is 16.8 Å². The average Bonchev–Trinajstić information content (AvgIpc) is 3.26. The Morgan fingerprint density at radius 3 is 2.66 bits per heavy atom. The Balaban J connectivity index is 1.43. The Bertz CT molecular complexity index is 1380. The summed E-state index contributed by atoms with van der Waals surface area (Å²) in [5.41, 5.74) is 2.38. The van der Waals surface area contributed by atoms with Crippen LogP contribution in [-0.4, -0.2) is 32.3 Å². The average molecular weight is 486 g/mol. The number of aromatic nitrogens is 3. The van der Waals surface area contributed by atoms with Gasteiger partial charge in [0.2, 0.25) is 5.91 Å². The molecule has 1 aromatic heterocycles. The van der Waals surface area contributed by atoms with Crippen molar-refractivity contribution in [3.63, 3.8) is 0 Å². The van der Waals surface area contributed by atoms with Crippen molar-refractivity contribution in [2.75, 3.05) is 11.1 Å². The predicted molar refractivity (Wildman–Crippen MR) is 141 cm³/mol. The Hall–Kier alpha value is -3.91. The number of benzene rings is 3. The molecule has 0 aliphatic heterocycles. The highest BCUT2D eigenvalue weighted by Gasteiger charge is 2.20. The van der Waals surface area contributed by atoms with Crippen molar-refractivity contribution in [1.29, 1.82) is 0 Å². The highest BCUT2D eigenvalue weighted by atomic mass is 32.2. The van der Waals surface area contributed by atoms with Gasteiger partial charge in [0.15, 0.2) is 11.0 Å². The highest BCUT2D eigenvalue weighted by molar-refractivity contribution is 7.99. The maximum Gasteiger partial charge on any atom is 0.251 e. The van der Waals surface area contributed by atoms with Gasteiger partial charge in [0.25, 0.3) is 5.91 Å². The summed E-state index contributed by atoms with van der Waals surface area (Å²) in [6.07, 6.45) is 1.74. The number of hydrogen-bond donors (Lipinski definition) is 2. The van der Waals surface area contributed by atoms with E-state index in [9.17, 15) is 9.59 Å². The molecule has 7 nitrogen and oxygen atoms in total. The lowest BCUT2D eigenvalue weighted by molar-refractivity contribution is -0.113. The van der Waals surface area contributed by atoms with Crippen molar-refractivity contribution >= 4 is 40.0 Å². The van der Waals surface area contributed by atoms with E-state index in [1.165, 1.54) is 11.8 Å². The van der Waals surface area contributed by atoms with Crippen molar-refractivity contribution < 1.29 is 9.59 Å². The molecule has 0 unspecified atom stereocenters. The molecule has 1 atom stereocenters. The Morgan fingerprint density at radius 1 is 1.09 bits per heavy atom. The molecule has 0 spiro atoms. The number of rotatable bonds is 9. The van der Waals surface area contributed by atoms with E-state index >= 15 is 0 Å². The molecular formula is C27H27N5O2S. The first kappa shape index (κ1) is 24.2.